The Morgan fingerprint density at radius 2 is 2.47 bits per heavy atom. The number of aromatic nitrogens is 2. The first-order valence-corrected chi connectivity index (χ1v) is 7.25. The summed E-state index contributed by atoms with van der Waals surface area (Å²) < 4.78 is 13.1. The molecule has 1 aliphatic rings. The van der Waals surface area contributed by atoms with Gasteiger partial charge in [-0.2, -0.15) is 0 Å². The predicted molar refractivity (Wildman–Crippen MR) is 75.5 cm³/mol. The molecule has 0 aliphatic carbocycles. The van der Waals surface area contributed by atoms with Crippen LogP contribution < -0.4 is 5.32 Å². The maximum absolute atomic E-state index is 5.49. The quantitative estimate of drug-likeness (QED) is 0.770. The molecule has 1 N–H and O–H groups in total. The molecule has 0 amide bonds. The fourth-order valence-electron chi connectivity index (χ4n) is 2.35. The molecule has 2 heterocycles. The summed E-state index contributed by atoms with van der Waals surface area (Å²) in [6.07, 6.45) is 5.39. The largest absolute Gasteiger partial charge is 0.382 e. The zero-order valence-corrected chi connectivity index (χ0v) is 12.0. The third-order valence-electron chi connectivity index (χ3n) is 3.28. The van der Waals surface area contributed by atoms with Crippen LogP contribution in [0.15, 0.2) is 6.20 Å². The van der Waals surface area contributed by atoms with Gasteiger partial charge in [-0.1, -0.05) is 0 Å². The number of aryl methyl sites for hydroxylation is 2. The highest BCUT2D eigenvalue weighted by molar-refractivity contribution is 5.30. The van der Waals surface area contributed by atoms with Crippen LogP contribution in [-0.4, -0.2) is 42.0 Å². The molecule has 0 spiro atoms. The number of rotatable bonds is 7. The van der Waals surface area contributed by atoms with Gasteiger partial charge in [0.2, 0.25) is 5.95 Å². The zero-order valence-electron chi connectivity index (χ0n) is 12.0. The first kappa shape index (κ1) is 14.3. The van der Waals surface area contributed by atoms with E-state index in [4.69, 9.17) is 9.47 Å². The summed E-state index contributed by atoms with van der Waals surface area (Å²) in [6.45, 7) is 8.26. The summed E-state index contributed by atoms with van der Waals surface area (Å²) in [6, 6.07) is 0.390. The van der Waals surface area contributed by atoms with Crippen molar-refractivity contribution in [2.75, 3.05) is 31.7 Å². The summed E-state index contributed by atoms with van der Waals surface area (Å²) in [5.41, 5.74) is 1.05. The van der Waals surface area contributed by atoms with Gasteiger partial charge in [0.15, 0.2) is 0 Å². The fourth-order valence-corrected chi connectivity index (χ4v) is 2.35. The molecule has 1 aliphatic heterocycles. The van der Waals surface area contributed by atoms with Crippen LogP contribution in [-0.2, 0) is 16.0 Å². The van der Waals surface area contributed by atoms with Crippen molar-refractivity contribution in [2.24, 2.45) is 0 Å². The summed E-state index contributed by atoms with van der Waals surface area (Å²) in [5.74, 6) is 0.962. The molecule has 0 saturated carbocycles. The van der Waals surface area contributed by atoms with Gasteiger partial charge in [-0.3, -0.25) is 0 Å². The molecule has 1 aromatic rings. The van der Waals surface area contributed by atoms with Gasteiger partial charge in [-0.05, 0) is 33.1 Å². The number of nitrogens with one attached hydrogen (secondary N) is 1. The van der Waals surface area contributed by atoms with E-state index < -0.39 is 0 Å². The molecule has 0 aromatic carbocycles. The van der Waals surface area contributed by atoms with E-state index in [0.717, 1.165) is 63.9 Å². The normalized spacial score (nSPS) is 19.6. The molecule has 1 unspecified atom stereocenters. The zero-order chi connectivity index (χ0) is 13.5. The Balaban J connectivity index is 1.87. The Labute approximate surface area is 115 Å². The number of imidazole rings is 1. The third kappa shape index (κ3) is 4.51. The molecule has 19 heavy (non-hydrogen) atoms. The van der Waals surface area contributed by atoms with Crippen LogP contribution in [0, 0.1) is 6.92 Å². The molecule has 1 saturated heterocycles. The van der Waals surface area contributed by atoms with Crippen molar-refractivity contribution >= 4 is 5.95 Å². The van der Waals surface area contributed by atoms with E-state index in [2.05, 4.69) is 21.1 Å². The third-order valence-corrected chi connectivity index (χ3v) is 3.28. The van der Waals surface area contributed by atoms with E-state index in [1.54, 1.807) is 0 Å². The Kier molecular flexibility index (Phi) is 5.66. The lowest BCUT2D eigenvalue weighted by molar-refractivity contribution is 0.0872. The molecule has 1 aromatic heterocycles. The highest BCUT2D eigenvalue weighted by Gasteiger charge is 2.16. The van der Waals surface area contributed by atoms with E-state index in [1.807, 2.05) is 13.8 Å². The van der Waals surface area contributed by atoms with Crippen molar-refractivity contribution < 1.29 is 9.47 Å². The standard InChI is InChI=1S/C14H25N3O2/c1-3-18-9-5-7-17-10-12(2)15-14(17)16-13-6-4-8-19-11-13/h10,13H,3-9,11H2,1-2H3,(H,15,16). The monoisotopic (exact) mass is 267 g/mol. The van der Waals surface area contributed by atoms with Crippen LogP contribution in [0.25, 0.3) is 0 Å². The van der Waals surface area contributed by atoms with Gasteiger partial charge in [-0.25, -0.2) is 4.98 Å². The van der Waals surface area contributed by atoms with E-state index in [-0.39, 0.29) is 0 Å². The van der Waals surface area contributed by atoms with Gasteiger partial charge in [0.05, 0.1) is 18.3 Å². The molecule has 1 fully saturated rings. The van der Waals surface area contributed by atoms with Gasteiger partial charge < -0.3 is 19.4 Å². The van der Waals surface area contributed by atoms with Crippen molar-refractivity contribution in [3.8, 4) is 0 Å². The Morgan fingerprint density at radius 3 is 3.21 bits per heavy atom. The molecule has 0 radical (unpaired) electrons. The van der Waals surface area contributed by atoms with Crippen molar-refractivity contribution in [2.45, 2.75) is 45.7 Å². The van der Waals surface area contributed by atoms with E-state index in [0.29, 0.717) is 6.04 Å². The highest BCUT2D eigenvalue weighted by Crippen LogP contribution is 2.15. The Hall–Kier alpha value is -1.07. The van der Waals surface area contributed by atoms with Crippen LogP contribution in [0.3, 0.4) is 0 Å². The summed E-state index contributed by atoms with van der Waals surface area (Å²) in [7, 11) is 0. The smallest absolute Gasteiger partial charge is 0.203 e. The second kappa shape index (κ2) is 7.50. The lowest BCUT2D eigenvalue weighted by Crippen LogP contribution is -2.31. The maximum Gasteiger partial charge on any atom is 0.203 e. The number of ether oxygens (including phenoxy) is 2. The average Bonchev–Trinajstić information content (AvgIpc) is 2.76. The molecular weight excluding hydrogens is 242 g/mol. The van der Waals surface area contributed by atoms with Crippen molar-refractivity contribution in [3.05, 3.63) is 11.9 Å². The lowest BCUT2D eigenvalue weighted by Gasteiger charge is -2.24. The minimum absolute atomic E-state index is 0.390. The van der Waals surface area contributed by atoms with Gasteiger partial charge in [0.25, 0.3) is 0 Å². The topological polar surface area (TPSA) is 48.3 Å². The van der Waals surface area contributed by atoms with Crippen LogP contribution in [0.4, 0.5) is 5.95 Å². The number of hydrogen-bond acceptors (Lipinski definition) is 4. The van der Waals surface area contributed by atoms with Gasteiger partial charge in [-0.15, -0.1) is 0 Å². The van der Waals surface area contributed by atoms with Gasteiger partial charge in [0, 0.05) is 32.6 Å². The van der Waals surface area contributed by atoms with Gasteiger partial charge >= 0.3 is 0 Å². The first-order valence-electron chi connectivity index (χ1n) is 7.25. The summed E-state index contributed by atoms with van der Waals surface area (Å²) in [4.78, 5) is 4.56. The number of hydrogen-bond donors (Lipinski definition) is 1. The van der Waals surface area contributed by atoms with Gasteiger partial charge in [0.1, 0.15) is 0 Å². The van der Waals surface area contributed by atoms with E-state index in [9.17, 15) is 0 Å². The van der Waals surface area contributed by atoms with Crippen molar-refractivity contribution in [1.29, 1.82) is 0 Å². The summed E-state index contributed by atoms with van der Waals surface area (Å²) in [5, 5.41) is 3.50. The molecule has 1 atom stereocenters. The molecular formula is C14H25N3O2. The highest BCUT2D eigenvalue weighted by atomic mass is 16.5. The van der Waals surface area contributed by atoms with Crippen LogP contribution in [0.1, 0.15) is 31.9 Å². The molecule has 2 rings (SSSR count). The molecule has 0 bridgehead atoms. The number of anilines is 1. The second-order valence-corrected chi connectivity index (χ2v) is 5.01. The minimum Gasteiger partial charge on any atom is -0.382 e. The van der Waals surface area contributed by atoms with E-state index >= 15 is 0 Å². The molecule has 5 nitrogen and oxygen atoms in total. The fraction of sp³-hybridized carbons (Fsp3) is 0.786. The van der Waals surface area contributed by atoms with E-state index in [1.165, 1.54) is 0 Å². The van der Waals surface area contributed by atoms with Crippen LogP contribution >= 0.6 is 0 Å². The average molecular weight is 267 g/mol. The Morgan fingerprint density at radius 1 is 1.58 bits per heavy atom. The predicted octanol–water partition coefficient (Wildman–Crippen LogP) is 2.21. The van der Waals surface area contributed by atoms with Crippen LogP contribution in [0.2, 0.25) is 0 Å². The SMILES string of the molecule is CCOCCCn1cc(C)nc1NC1CCCOC1. The summed E-state index contributed by atoms with van der Waals surface area (Å²) >= 11 is 0. The minimum atomic E-state index is 0.390. The number of nitrogens with zero attached hydrogens (tertiary/aromatic N) is 2. The Bertz CT molecular complexity index is 373. The maximum atomic E-state index is 5.49. The van der Waals surface area contributed by atoms with Crippen molar-refractivity contribution in [1.82, 2.24) is 9.55 Å². The second-order valence-electron chi connectivity index (χ2n) is 5.01. The molecule has 108 valence electrons. The van der Waals surface area contributed by atoms with Crippen molar-refractivity contribution in [3.63, 3.8) is 0 Å². The molecule has 5 heteroatoms. The first-order chi connectivity index (χ1) is 9.29. The van der Waals surface area contributed by atoms with Crippen LogP contribution in [0.5, 0.6) is 0 Å². The lowest BCUT2D eigenvalue weighted by atomic mass is 10.1.